The molecule has 104 valence electrons. The lowest BCUT2D eigenvalue weighted by molar-refractivity contribution is 0.219. The van der Waals surface area contributed by atoms with Crippen LogP contribution in [-0.2, 0) is 13.1 Å². The summed E-state index contributed by atoms with van der Waals surface area (Å²) < 4.78 is 0. The van der Waals surface area contributed by atoms with Gasteiger partial charge in [0, 0.05) is 25.0 Å². The summed E-state index contributed by atoms with van der Waals surface area (Å²) in [4.78, 5) is 7.01. The molecule has 0 spiro atoms. The maximum atomic E-state index is 4.67. The Bertz CT molecular complexity index is 341. The molecule has 0 fully saturated rings. The fourth-order valence-electron chi connectivity index (χ4n) is 2.02. The molecule has 1 N–H and O–H groups in total. The lowest BCUT2D eigenvalue weighted by atomic mass is 9.96. The third-order valence-corrected chi connectivity index (χ3v) is 3.38. The van der Waals surface area contributed by atoms with Crippen molar-refractivity contribution in [1.29, 1.82) is 0 Å². The smallest absolute Gasteiger partial charge is 0.107 e. The first-order chi connectivity index (χ1) is 8.40. The normalized spacial score (nSPS) is 12.3. The van der Waals surface area contributed by atoms with E-state index in [-0.39, 0.29) is 0 Å². The molecule has 0 bridgehead atoms. The van der Waals surface area contributed by atoms with E-state index < -0.39 is 0 Å². The lowest BCUT2D eigenvalue weighted by Crippen LogP contribution is -2.29. The van der Waals surface area contributed by atoms with Gasteiger partial charge in [0.25, 0.3) is 0 Å². The molecule has 0 aromatic carbocycles. The minimum atomic E-state index is 0.344. The van der Waals surface area contributed by atoms with E-state index in [1.54, 1.807) is 11.3 Å². The van der Waals surface area contributed by atoms with E-state index in [4.69, 9.17) is 0 Å². The molecule has 0 atom stereocenters. The van der Waals surface area contributed by atoms with Gasteiger partial charge in [-0.05, 0) is 25.4 Å². The topological polar surface area (TPSA) is 28.2 Å². The van der Waals surface area contributed by atoms with Crippen molar-refractivity contribution in [1.82, 2.24) is 15.2 Å². The van der Waals surface area contributed by atoms with Gasteiger partial charge in [0.1, 0.15) is 5.01 Å². The average molecular weight is 269 g/mol. The molecule has 18 heavy (non-hydrogen) atoms. The maximum absolute atomic E-state index is 4.67. The van der Waals surface area contributed by atoms with Crippen LogP contribution in [0.2, 0.25) is 0 Å². The summed E-state index contributed by atoms with van der Waals surface area (Å²) in [5, 5.41) is 6.77. The van der Waals surface area contributed by atoms with Gasteiger partial charge < -0.3 is 5.32 Å². The Hall–Kier alpha value is -0.450. The molecule has 1 rings (SSSR count). The first kappa shape index (κ1) is 15.6. The van der Waals surface area contributed by atoms with Crippen molar-refractivity contribution < 1.29 is 0 Å². The van der Waals surface area contributed by atoms with Crippen molar-refractivity contribution in [3.05, 3.63) is 16.1 Å². The SMILES string of the molecule is CCCNCc1nc(CN(C)CC(C)(C)C)cs1. The fraction of sp³-hybridized carbons (Fsp3) is 0.786. The van der Waals surface area contributed by atoms with Crippen LogP contribution in [0.5, 0.6) is 0 Å². The van der Waals surface area contributed by atoms with Crippen molar-refractivity contribution in [2.75, 3.05) is 20.1 Å². The Kier molecular flexibility index (Phi) is 6.26. The predicted molar refractivity (Wildman–Crippen MR) is 79.9 cm³/mol. The third kappa shape index (κ3) is 6.47. The van der Waals surface area contributed by atoms with Crippen LogP contribution in [0.1, 0.15) is 44.8 Å². The van der Waals surface area contributed by atoms with E-state index in [0.29, 0.717) is 5.41 Å². The predicted octanol–water partition coefficient (Wildman–Crippen LogP) is 3.12. The first-order valence-corrected chi connectivity index (χ1v) is 7.61. The number of aromatic nitrogens is 1. The van der Waals surface area contributed by atoms with Crippen LogP contribution >= 0.6 is 11.3 Å². The quantitative estimate of drug-likeness (QED) is 0.771. The zero-order valence-electron chi connectivity index (χ0n) is 12.4. The van der Waals surface area contributed by atoms with Crippen LogP contribution in [0.4, 0.5) is 0 Å². The fourth-order valence-corrected chi connectivity index (χ4v) is 2.77. The lowest BCUT2D eigenvalue weighted by Gasteiger charge is -2.25. The second kappa shape index (κ2) is 7.22. The highest BCUT2D eigenvalue weighted by molar-refractivity contribution is 7.09. The molecule has 0 radical (unpaired) electrons. The van der Waals surface area contributed by atoms with Crippen LogP contribution in [-0.4, -0.2) is 30.0 Å². The highest BCUT2D eigenvalue weighted by Crippen LogP contribution is 2.17. The zero-order chi connectivity index (χ0) is 13.6. The van der Waals surface area contributed by atoms with Gasteiger partial charge in [-0.15, -0.1) is 11.3 Å². The number of hydrogen-bond donors (Lipinski definition) is 1. The summed E-state index contributed by atoms with van der Waals surface area (Å²) in [6.45, 7) is 13.0. The molecule has 0 saturated heterocycles. The molecule has 3 nitrogen and oxygen atoms in total. The molecule has 1 aromatic rings. The number of nitrogens with one attached hydrogen (secondary N) is 1. The summed E-state index contributed by atoms with van der Waals surface area (Å²) >= 11 is 1.76. The van der Waals surface area contributed by atoms with Crippen molar-refractivity contribution in [3.63, 3.8) is 0 Å². The minimum Gasteiger partial charge on any atom is -0.310 e. The molecule has 1 heterocycles. The Morgan fingerprint density at radius 2 is 2.11 bits per heavy atom. The molecule has 0 amide bonds. The minimum absolute atomic E-state index is 0.344. The number of rotatable bonds is 7. The number of hydrogen-bond acceptors (Lipinski definition) is 4. The van der Waals surface area contributed by atoms with E-state index in [2.05, 4.69) is 55.3 Å². The molecular weight excluding hydrogens is 242 g/mol. The molecular formula is C14H27N3S. The summed E-state index contributed by atoms with van der Waals surface area (Å²) in [6.07, 6.45) is 1.17. The van der Waals surface area contributed by atoms with Crippen LogP contribution in [0.3, 0.4) is 0 Å². The number of nitrogens with zero attached hydrogens (tertiary/aromatic N) is 2. The zero-order valence-corrected chi connectivity index (χ0v) is 13.2. The molecule has 1 aromatic heterocycles. The maximum Gasteiger partial charge on any atom is 0.107 e. The Labute approximate surface area is 116 Å². The molecule has 0 unspecified atom stereocenters. The van der Waals surface area contributed by atoms with Gasteiger partial charge in [-0.25, -0.2) is 4.98 Å². The summed E-state index contributed by atoms with van der Waals surface area (Å²) in [6, 6.07) is 0. The summed E-state index contributed by atoms with van der Waals surface area (Å²) in [7, 11) is 2.17. The molecule has 4 heteroatoms. The van der Waals surface area contributed by atoms with Crippen LogP contribution in [0, 0.1) is 5.41 Å². The van der Waals surface area contributed by atoms with Crippen LogP contribution in [0.25, 0.3) is 0 Å². The Morgan fingerprint density at radius 3 is 2.72 bits per heavy atom. The van der Waals surface area contributed by atoms with E-state index >= 15 is 0 Å². The molecule has 0 aliphatic carbocycles. The van der Waals surface area contributed by atoms with E-state index in [1.165, 1.54) is 17.1 Å². The van der Waals surface area contributed by atoms with Crippen molar-refractivity contribution in [2.45, 2.75) is 47.2 Å². The second-order valence-corrected chi connectivity index (χ2v) is 7.08. The van der Waals surface area contributed by atoms with Gasteiger partial charge in [0.2, 0.25) is 0 Å². The monoisotopic (exact) mass is 269 g/mol. The second-order valence-electron chi connectivity index (χ2n) is 6.14. The molecule has 0 aliphatic heterocycles. The Morgan fingerprint density at radius 1 is 1.39 bits per heavy atom. The van der Waals surface area contributed by atoms with Gasteiger partial charge in [-0.2, -0.15) is 0 Å². The largest absolute Gasteiger partial charge is 0.310 e. The van der Waals surface area contributed by atoms with Gasteiger partial charge in [0.05, 0.1) is 5.69 Å². The number of thiazole rings is 1. The highest BCUT2D eigenvalue weighted by atomic mass is 32.1. The van der Waals surface area contributed by atoms with E-state index in [0.717, 1.165) is 26.2 Å². The molecule has 0 aliphatic rings. The summed E-state index contributed by atoms with van der Waals surface area (Å²) in [5.74, 6) is 0. The summed E-state index contributed by atoms with van der Waals surface area (Å²) in [5.41, 5.74) is 1.54. The van der Waals surface area contributed by atoms with Crippen LogP contribution < -0.4 is 5.32 Å². The van der Waals surface area contributed by atoms with Crippen molar-refractivity contribution >= 4 is 11.3 Å². The van der Waals surface area contributed by atoms with E-state index in [1.807, 2.05) is 0 Å². The average Bonchev–Trinajstić information content (AvgIpc) is 2.63. The van der Waals surface area contributed by atoms with E-state index in [9.17, 15) is 0 Å². The van der Waals surface area contributed by atoms with Gasteiger partial charge in [-0.1, -0.05) is 27.7 Å². The standard InChI is InChI=1S/C14H27N3S/c1-6-7-15-8-13-16-12(10-18-13)9-17(5)11-14(2,3)4/h10,15H,6-9,11H2,1-5H3. The first-order valence-electron chi connectivity index (χ1n) is 6.73. The Balaban J connectivity index is 2.38. The van der Waals surface area contributed by atoms with Crippen molar-refractivity contribution in [2.24, 2.45) is 5.41 Å². The highest BCUT2D eigenvalue weighted by Gasteiger charge is 2.14. The molecule has 0 saturated carbocycles. The van der Waals surface area contributed by atoms with Gasteiger partial charge in [0.15, 0.2) is 0 Å². The van der Waals surface area contributed by atoms with Crippen LogP contribution in [0.15, 0.2) is 5.38 Å². The third-order valence-electron chi connectivity index (χ3n) is 2.48. The van der Waals surface area contributed by atoms with Gasteiger partial charge >= 0.3 is 0 Å². The van der Waals surface area contributed by atoms with Gasteiger partial charge in [-0.3, -0.25) is 4.90 Å². The van der Waals surface area contributed by atoms with Crippen molar-refractivity contribution in [3.8, 4) is 0 Å².